The number of rotatable bonds is 2. The largest absolute Gasteiger partial charge is 0.397 e. The first kappa shape index (κ1) is 14.6. The third kappa shape index (κ3) is 2.85. The zero-order chi connectivity index (χ0) is 14.9. The van der Waals surface area contributed by atoms with E-state index in [4.69, 9.17) is 10.5 Å². The highest BCUT2D eigenvalue weighted by Gasteiger charge is 2.27. The van der Waals surface area contributed by atoms with Crippen molar-refractivity contribution in [2.45, 2.75) is 26.2 Å². The van der Waals surface area contributed by atoms with Gasteiger partial charge in [0.25, 0.3) is 5.69 Å². The second-order valence-corrected chi connectivity index (χ2v) is 6.04. The van der Waals surface area contributed by atoms with Crippen LogP contribution in [-0.4, -0.2) is 31.2 Å². The van der Waals surface area contributed by atoms with E-state index in [1.807, 2.05) is 31.7 Å². The number of nitro groups is 1. The van der Waals surface area contributed by atoms with Gasteiger partial charge < -0.3 is 15.4 Å². The van der Waals surface area contributed by atoms with Gasteiger partial charge in [-0.15, -0.1) is 0 Å². The predicted octanol–water partition coefficient (Wildman–Crippen LogP) is 2.31. The number of nitrogens with two attached hydrogens (primary N) is 1. The Hall–Kier alpha value is -1.82. The Morgan fingerprint density at radius 3 is 2.40 bits per heavy atom. The first-order valence-electron chi connectivity index (χ1n) is 6.72. The van der Waals surface area contributed by atoms with E-state index in [1.165, 1.54) is 0 Å². The molecule has 0 aliphatic carbocycles. The zero-order valence-electron chi connectivity index (χ0n) is 12.2. The Morgan fingerprint density at radius 1 is 1.30 bits per heavy atom. The molecule has 1 aliphatic rings. The van der Waals surface area contributed by atoms with E-state index < -0.39 is 0 Å². The van der Waals surface area contributed by atoms with Crippen LogP contribution in [0, 0.1) is 10.1 Å². The molecule has 110 valence electrons. The van der Waals surface area contributed by atoms with E-state index in [2.05, 4.69) is 0 Å². The standard InChI is InChI=1S/C14H21N3O3/c1-14(2,3)10-8-11(15)13(12(9-10)17(18)19)16-4-6-20-7-5-16/h8-9H,4-7,15H2,1-3H3. The molecule has 1 saturated heterocycles. The zero-order valence-corrected chi connectivity index (χ0v) is 12.2. The molecule has 1 aromatic rings. The lowest BCUT2D eigenvalue weighted by Crippen LogP contribution is -2.37. The van der Waals surface area contributed by atoms with E-state index >= 15 is 0 Å². The van der Waals surface area contributed by atoms with Gasteiger partial charge in [0.15, 0.2) is 0 Å². The summed E-state index contributed by atoms with van der Waals surface area (Å²) in [5, 5.41) is 11.4. The summed E-state index contributed by atoms with van der Waals surface area (Å²) >= 11 is 0. The highest BCUT2D eigenvalue weighted by atomic mass is 16.6. The van der Waals surface area contributed by atoms with Gasteiger partial charge in [-0.05, 0) is 17.0 Å². The van der Waals surface area contributed by atoms with Crippen molar-refractivity contribution in [2.24, 2.45) is 0 Å². The lowest BCUT2D eigenvalue weighted by atomic mass is 9.86. The van der Waals surface area contributed by atoms with Gasteiger partial charge in [0, 0.05) is 19.2 Å². The average Bonchev–Trinajstić information content (AvgIpc) is 2.37. The molecule has 6 nitrogen and oxygen atoms in total. The SMILES string of the molecule is CC(C)(C)c1cc(N)c(N2CCOCC2)c([N+](=O)[O-])c1. The van der Waals surface area contributed by atoms with Crippen LogP contribution in [0.2, 0.25) is 0 Å². The fourth-order valence-electron chi connectivity index (χ4n) is 2.34. The normalized spacial score (nSPS) is 16.2. The second kappa shape index (κ2) is 5.28. The molecule has 1 heterocycles. The van der Waals surface area contributed by atoms with Gasteiger partial charge in [-0.2, -0.15) is 0 Å². The monoisotopic (exact) mass is 279 g/mol. The van der Waals surface area contributed by atoms with E-state index in [0.717, 1.165) is 5.56 Å². The van der Waals surface area contributed by atoms with Gasteiger partial charge in [0.05, 0.1) is 23.8 Å². The lowest BCUT2D eigenvalue weighted by Gasteiger charge is -2.30. The first-order valence-corrected chi connectivity index (χ1v) is 6.72. The molecule has 20 heavy (non-hydrogen) atoms. The van der Waals surface area contributed by atoms with Crippen LogP contribution in [-0.2, 0) is 10.2 Å². The Balaban J connectivity index is 2.53. The molecule has 1 aliphatic heterocycles. The highest BCUT2D eigenvalue weighted by Crippen LogP contribution is 2.39. The summed E-state index contributed by atoms with van der Waals surface area (Å²) in [4.78, 5) is 13.0. The van der Waals surface area contributed by atoms with Gasteiger partial charge in [0.1, 0.15) is 5.69 Å². The summed E-state index contributed by atoms with van der Waals surface area (Å²) in [6.07, 6.45) is 0. The molecule has 2 rings (SSSR count). The van der Waals surface area contributed by atoms with Crippen LogP contribution < -0.4 is 10.6 Å². The minimum absolute atomic E-state index is 0.0804. The van der Waals surface area contributed by atoms with Crippen LogP contribution in [0.4, 0.5) is 17.1 Å². The molecule has 0 saturated carbocycles. The average molecular weight is 279 g/mol. The number of nitro benzene ring substituents is 1. The van der Waals surface area contributed by atoms with Crippen molar-refractivity contribution in [3.8, 4) is 0 Å². The maximum Gasteiger partial charge on any atom is 0.294 e. The van der Waals surface area contributed by atoms with E-state index in [9.17, 15) is 10.1 Å². The minimum atomic E-state index is -0.351. The first-order chi connectivity index (χ1) is 9.30. The van der Waals surface area contributed by atoms with Crippen LogP contribution in [0.5, 0.6) is 0 Å². The number of hydrogen-bond acceptors (Lipinski definition) is 5. The molecular formula is C14H21N3O3. The van der Waals surface area contributed by atoms with Crippen LogP contribution in [0.1, 0.15) is 26.3 Å². The van der Waals surface area contributed by atoms with Crippen molar-refractivity contribution in [3.05, 3.63) is 27.8 Å². The van der Waals surface area contributed by atoms with Gasteiger partial charge in [-0.25, -0.2) is 0 Å². The summed E-state index contributed by atoms with van der Waals surface area (Å²) < 4.78 is 5.29. The summed E-state index contributed by atoms with van der Waals surface area (Å²) in [6.45, 7) is 8.43. The molecule has 6 heteroatoms. The molecule has 0 bridgehead atoms. The Bertz CT molecular complexity index is 517. The number of hydrogen-bond donors (Lipinski definition) is 1. The number of morpholine rings is 1. The van der Waals surface area contributed by atoms with Crippen LogP contribution in [0.15, 0.2) is 12.1 Å². The van der Waals surface area contributed by atoms with Crippen LogP contribution in [0.25, 0.3) is 0 Å². The van der Waals surface area contributed by atoms with Crippen molar-refractivity contribution in [1.82, 2.24) is 0 Å². The number of ether oxygens (including phenoxy) is 1. The van der Waals surface area contributed by atoms with Gasteiger partial charge >= 0.3 is 0 Å². The maximum absolute atomic E-state index is 11.4. The molecule has 2 N–H and O–H groups in total. The fourth-order valence-corrected chi connectivity index (χ4v) is 2.34. The molecule has 0 radical (unpaired) electrons. The van der Waals surface area contributed by atoms with Crippen molar-refractivity contribution in [1.29, 1.82) is 0 Å². The van der Waals surface area contributed by atoms with E-state index in [0.29, 0.717) is 37.7 Å². The van der Waals surface area contributed by atoms with Crippen LogP contribution in [0.3, 0.4) is 0 Å². The van der Waals surface area contributed by atoms with Gasteiger partial charge in [-0.1, -0.05) is 20.8 Å². The molecule has 0 spiro atoms. The number of nitrogens with zero attached hydrogens (tertiary/aromatic N) is 2. The van der Waals surface area contributed by atoms with Crippen molar-refractivity contribution < 1.29 is 9.66 Å². The lowest BCUT2D eigenvalue weighted by molar-refractivity contribution is -0.384. The topological polar surface area (TPSA) is 81.6 Å². The summed E-state index contributed by atoms with van der Waals surface area (Å²) in [5.74, 6) is 0. The second-order valence-electron chi connectivity index (χ2n) is 6.04. The predicted molar refractivity (Wildman–Crippen MR) is 79.2 cm³/mol. The molecule has 0 aromatic heterocycles. The number of anilines is 2. The molecule has 0 unspecified atom stereocenters. The van der Waals surface area contributed by atoms with Gasteiger partial charge in [0.2, 0.25) is 0 Å². The quantitative estimate of drug-likeness (QED) is 0.510. The summed E-state index contributed by atoms with van der Waals surface area (Å²) in [6, 6.07) is 3.49. The van der Waals surface area contributed by atoms with Crippen molar-refractivity contribution >= 4 is 17.1 Å². The van der Waals surface area contributed by atoms with Crippen molar-refractivity contribution in [2.75, 3.05) is 36.9 Å². The van der Waals surface area contributed by atoms with E-state index in [-0.39, 0.29) is 16.0 Å². The third-order valence-electron chi connectivity index (χ3n) is 3.51. The Labute approximate surface area is 118 Å². The maximum atomic E-state index is 11.4. The Morgan fingerprint density at radius 2 is 1.90 bits per heavy atom. The Kier molecular flexibility index (Phi) is 3.85. The van der Waals surface area contributed by atoms with Gasteiger partial charge in [-0.3, -0.25) is 10.1 Å². The highest BCUT2D eigenvalue weighted by molar-refractivity contribution is 5.79. The van der Waals surface area contributed by atoms with E-state index in [1.54, 1.807) is 6.07 Å². The summed E-state index contributed by atoms with van der Waals surface area (Å²) in [5.41, 5.74) is 7.86. The molecular weight excluding hydrogens is 258 g/mol. The molecule has 1 fully saturated rings. The summed E-state index contributed by atoms with van der Waals surface area (Å²) in [7, 11) is 0. The molecule has 0 atom stereocenters. The van der Waals surface area contributed by atoms with Crippen LogP contribution >= 0.6 is 0 Å². The molecule has 0 amide bonds. The number of benzene rings is 1. The molecule has 1 aromatic carbocycles. The smallest absolute Gasteiger partial charge is 0.294 e. The third-order valence-corrected chi connectivity index (χ3v) is 3.51. The fraction of sp³-hybridized carbons (Fsp3) is 0.571. The minimum Gasteiger partial charge on any atom is -0.397 e. The number of nitrogen functional groups attached to an aromatic ring is 1. The van der Waals surface area contributed by atoms with Crippen molar-refractivity contribution in [3.63, 3.8) is 0 Å².